The number of rotatable bonds is 3. The molecule has 2 aromatic rings. The molecule has 8 heteroatoms. The van der Waals surface area contributed by atoms with E-state index in [1.54, 1.807) is 0 Å². The van der Waals surface area contributed by atoms with Gasteiger partial charge in [-0.05, 0) is 18.2 Å². The molecule has 0 radical (unpaired) electrons. The maximum absolute atomic E-state index is 13.2. The van der Waals surface area contributed by atoms with Crippen molar-refractivity contribution in [3.05, 3.63) is 47.2 Å². The summed E-state index contributed by atoms with van der Waals surface area (Å²) in [5.41, 5.74) is 0.134. The molecule has 5 nitrogen and oxygen atoms in total. The van der Waals surface area contributed by atoms with Crippen molar-refractivity contribution in [3.8, 4) is 11.5 Å². The van der Waals surface area contributed by atoms with Crippen LogP contribution in [0.2, 0.25) is 5.02 Å². The monoisotopic (exact) mass is 343 g/mol. The third-order valence-corrected chi connectivity index (χ3v) is 4.66. The fourth-order valence-corrected chi connectivity index (χ4v) is 3.34. The van der Waals surface area contributed by atoms with Gasteiger partial charge in [-0.25, -0.2) is 12.8 Å². The predicted molar refractivity (Wildman–Crippen MR) is 79.7 cm³/mol. The Morgan fingerprint density at radius 1 is 1.09 bits per heavy atom. The van der Waals surface area contributed by atoms with E-state index in [0.717, 1.165) is 12.1 Å². The summed E-state index contributed by atoms with van der Waals surface area (Å²) in [5, 5.41) is 0.157. The minimum atomic E-state index is -3.96. The minimum absolute atomic E-state index is 0.134. The van der Waals surface area contributed by atoms with E-state index < -0.39 is 15.8 Å². The first kappa shape index (κ1) is 14.9. The first-order valence-corrected chi connectivity index (χ1v) is 8.19. The van der Waals surface area contributed by atoms with E-state index in [9.17, 15) is 12.8 Å². The van der Waals surface area contributed by atoms with Gasteiger partial charge in [0.1, 0.15) is 19.0 Å². The van der Waals surface area contributed by atoms with E-state index in [-0.39, 0.29) is 15.6 Å². The molecule has 0 unspecified atom stereocenters. The second kappa shape index (κ2) is 5.66. The van der Waals surface area contributed by atoms with E-state index in [2.05, 4.69) is 4.72 Å². The van der Waals surface area contributed by atoms with Crippen LogP contribution in [0.5, 0.6) is 11.5 Å². The molecule has 1 heterocycles. The summed E-state index contributed by atoms with van der Waals surface area (Å²) in [5.74, 6) is 0.202. The molecule has 0 saturated carbocycles. The van der Waals surface area contributed by atoms with Crippen molar-refractivity contribution in [1.29, 1.82) is 0 Å². The SMILES string of the molecule is O=S(=O)(Nc1cc2c(cc1Cl)OCCO2)c1cccc(F)c1. The van der Waals surface area contributed by atoms with Crippen LogP contribution in [0.15, 0.2) is 41.3 Å². The summed E-state index contributed by atoms with van der Waals surface area (Å²) in [6.07, 6.45) is 0. The van der Waals surface area contributed by atoms with Gasteiger partial charge < -0.3 is 9.47 Å². The van der Waals surface area contributed by atoms with Crippen LogP contribution in [0.1, 0.15) is 0 Å². The van der Waals surface area contributed by atoms with Crippen LogP contribution in [-0.4, -0.2) is 21.6 Å². The first-order chi connectivity index (χ1) is 10.5. The number of benzene rings is 2. The molecule has 22 heavy (non-hydrogen) atoms. The average molecular weight is 344 g/mol. The number of fused-ring (bicyclic) bond motifs is 1. The third kappa shape index (κ3) is 2.95. The van der Waals surface area contributed by atoms with Crippen molar-refractivity contribution in [1.82, 2.24) is 0 Å². The summed E-state index contributed by atoms with van der Waals surface area (Å²) in [7, 11) is -3.96. The summed E-state index contributed by atoms with van der Waals surface area (Å²) in [6.45, 7) is 0.766. The zero-order valence-corrected chi connectivity index (χ0v) is 12.7. The van der Waals surface area contributed by atoms with Crippen LogP contribution in [0.3, 0.4) is 0 Å². The normalized spacial score (nSPS) is 13.7. The summed E-state index contributed by atoms with van der Waals surface area (Å²) >= 11 is 6.05. The Bertz CT molecular complexity index is 826. The van der Waals surface area contributed by atoms with Gasteiger partial charge in [-0.3, -0.25) is 4.72 Å². The van der Waals surface area contributed by atoms with Gasteiger partial charge in [0.25, 0.3) is 10.0 Å². The topological polar surface area (TPSA) is 64.6 Å². The van der Waals surface area contributed by atoms with Gasteiger partial charge in [-0.2, -0.15) is 0 Å². The number of nitrogens with one attached hydrogen (secondary N) is 1. The quantitative estimate of drug-likeness (QED) is 0.930. The number of halogens is 2. The molecule has 0 atom stereocenters. The lowest BCUT2D eigenvalue weighted by Crippen LogP contribution is -2.17. The summed E-state index contributed by atoms with van der Waals surface area (Å²) < 4.78 is 50.8. The molecule has 1 aliphatic rings. The van der Waals surface area contributed by atoms with Crippen molar-refractivity contribution in [2.45, 2.75) is 4.90 Å². The van der Waals surface area contributed by atoms with E-state index in [1.165, 1.54) is 24.3 Å². The zero-order chi connectivity index (χ0) is 15.7. The number of sulfonamides is 1. The van der Waals surface area contributed by atoms with Gasteiger partial charge in [-0.1, -0.05) is 17.7 Å². The van der Waals surface area contributed by atoms with Crippen LogP contribution >= 0.6 is 11.6 Å². The lowest BCUT2D eigenvalue weighted by Gasteiger charge is -2.20. The smallest absolute Gasteiger partial charge is 0.262 e. The molecule has 116 valence electrons. The number of hydrogen-bond donors (Lipinski definition) is 1. The Hall–Kier alpha value is -1.99. The minimum Gasteiger partial charge on any atom is -0.486 e. The van der Waals surface area contributed by atoms with Crippen molar-refractivity contribution < 1.29 is 22.3 Å². The van der Waals surface area contributed by atoms with Crippen molar-refractivity contribution in [2.75, 3.05) is 17.9 Å². The van der Waals surface area contributed by atoms with Gasteiger partial charge in [0, 0.05) is 12.1 Å². The van der Waals surface area contributed by atoms with Gasteiger partial charge in [-0.15, -0.1) is 0 Å². The summed E-state index contributed by atoms with van der Waals surface area (Å²) in [4.78, 5) is -0.196. The van der Waals surface area contributed by atoms with E-state index in [0.29, 0.717) is 24.7 Å². The van der Waals surface area contributed by atoms with Crippen molar-refractivity contribution in [3.63, 3.8) is 0 Å². The lowest BCUT2D eigenvalue weighted by molar-refractivity contribution is 0.171. The molecule has 0 aromatic heterocycles. The Morgan fingerprint density at radius 3 is 2.45 bits per heavy atom. The fourth-order valence-electron chi connectivity index (χ4n) is 1.98. The number of ether oxygens (including phenoxy) is 2. The molecule has 1 N–H and O–H groups in total. The maximum Gasteiger partial charge on any atom is 0.262 e. The molecule has 0 amide bonds. The van der Waals surface area contributed by atoms with Crippen LogP contribution in [-0.2, 0) is 10.0 Å². The molecular weight excluding hydrogens is 333 g/mol. The highest BCUT2D eigenvalue weighted by molar-refractivity contribution is 7.92. The van der Waals surface area contributed by atoms with E-state index >= 15 is 0 Å². The first-order valence-electron chi connectivity index (χ1n) is 6.33. The highest BCUT2D eigenvalue weighted by Crippen LogP contribution is 2.38. The van der Waals surface area contributed by atoms with Crippen LogP contribution in [0, 0.1) is 5.82 Å². The molecule has 0 saturated heterocycles. The summed E-state index contributed by atoms with van der Waals surface area (Å²) in [6, 6.07) is 7.60. The van der Waals surface area contributed by atoms with Gasteiger partial charge >= 0.3 is 0 Å². The highest BCUT2D eigenvalue weighted by Gasteiger charge is 2.20. The maximum atomic E-state index is 13.2. The number of anilines is 1. The highest BCUT2D eigenvalue weighted by atomic mass is 35.5. The molecular formula is C14H11ClFNO4S. The van der Waals surface area contributed by atoms with Crippen molar-refractivity contribution >= 4 is 27.3 Å². The van der Waals surface area contributed by atoms with Crippen molar-refractivity contribution in [2.24, 2.45) is 0 Å². The van der Waals surface area contributed by atoms with Gasteiger partial charge in [0.2, 0.25) is 0 Å². The Kier molecular flexibility index (Phi) is 3.84. The lowest BCUT2D eigenvalue weighted by atomic mass is 10.2. The third-order valence-electron chi connectivity index (χ3n) is 2.98. The van der Waals surface area contributed by atoms with E-state index in [1.807, 2.05) is 0 Å². The molecule has 0 fully saturated rings. The van der Waals surface area contributed by atoms with Crippen LogP contribution < -0.4 is 14.2 Å². The van der Waals surface area contributed by atoms with E-state index in [4.69, 9.17) is 21.1 Å². The fraction of sp³-hybridized carbons (Fsp3) is 0.143. The van der Waals surface area contributed by atoms with Crippen LogP contribution in [0.4, 0.5) is 10.1 Å². The van der Waals surface area contributed by atoms with Gasteiger partial charge in [0.05, 0.1) is 15.6 Å². The Morgan fingerprint density at radius 2 is 1.77 bits per heavy atom. The number of hydrogen-bond acceptors (Lipinski definition) is 4. The largest absolute Gasteiger partial charge is 0.486 e. The predicted octanol–water partition coefficient (Wildman–Crippen LogP) is 3.05. The molecule has 2 aromatic carbocycles. The molecule has 1 aliphatic heterocycles. The second-order valence-electron chi connectivity index (χ2n) is 4.54. The molecule has 3 rings (SSSR count). The Balaban J connectivity index is 1.95. The Labute approximate surface area is 131 Å². The van der Waals surface area contributed by atoms with Crippen LogP contribution in [0.25, 0.3) is 0 Å². The standard InChI is InChI=1S/C14H11ClFNO4S/c15-11-7-13-14(21-5-4-20-13)8-12(11)17-22(18,19)10-3-1-2-9(16)6-10/h1-3,6-8,17H,4-5H2. The average Bonchev–Trinajstić information content (AvgIpc) is 2.48. The molecule has 0 bridgehead atoms. The van der Waals surface area contributed by atoms with Gasteiger partial charge in [0.15, 0.2) is 11.5 Å². The molecule has 0 aliphatic carbocycles. The second-order valence-corrected chi connectivity index (χ2v) is 6.63. The molecule has 0 spiro atoms. The zero-order valence-electron chi connectivity index (χ0n) is 11.2.